The van der Waals surface area contributed by atoms with Gasteiger partial charge in [0.1, 0.15) is 16.9 Å². The average Bonchev–Trinajstić information content (AvgIpc) is 2.45. The van der Waals surface area contributed by atoms with Gasteiger partial charge in [0.05, 0.1) is 5.56 Å². The van der Waals surface area contributed by atoms with Gasteiger partial charge >= 0.3 is 0 Å². The van der Waals surface area contributed by atoms with Crippen molar-refractivity contribution in [1.82, 2.24) is 4.98 Å². The summed E-state index contributed by atoms with van der Waals surface area (Å²) in [6, 6.07) is 11.4. The number of nitrogen functional groups attached to an aromatic ring is 1. The molecule has 1 heterocycles. The molecular formula is C15H15ClN4. The molecule has 0 unspecified atom stereocenters. The second-order valence-corrected chi connectivity index (χ2v) is 4.75. The van der Waals surface area contributed by atoms with Crippen molar-refractivity contribution in [1.29, 1.82) is 5.26 Å². The lowest BCUT2D eigenvalue weighted by atomic mass is 10.2. The largest absolute Gasteiger partial charge is 0.399 e. The summed E-state index contributed by atoms with van der Waals surface area (Å²) in [5.74, 6) is 0.621. The van der Waals surface area contributed by atoms with Crippen molar-refractivity contribution >= 4 is 23.1 Å². The third-order valence-corrected chi connectivity index (χ3v) is 3.37. The van der Waals surface area contributed by atoms with Crippen molar-refractivity contribution in [2.75, 3.05) is 17.2 Å². The van der Waals surface area contributed by atoms with Crippen LogP contribution in [0.15, 0.2) is 36.5 Å². The molecule has 5 heteroatoms. The highest BCUT2D eigenvalue weighted by molar-refractivity contribution is 6.34. The van der Waals surface area contributed by atoms with E-state index in [1.165, 1.54) is 0 Å². The Morgan fingerprint density at radius 3 is 2.85 bits per heavy atom. The SMILES string of the molecule is CCN(Cc1cccc(N)c1)c1nccc(C#N)c1Cl. The number of halogens is 1. The molecule has 102 valence electrons. The molecule has 2 rings (SSSR count). The summed E-state index contributed by atoms with van der Waals surface area (Å²) in [5, 5.41) is 9.42. The lowest BCUT2D eigenvalue weighted by molar-refractivity contribution is 0.814. The Bertz CT molecular complexity index is 649. The Hall–Kier alpha value is -2.25. The molecular weight excluding hydrogens is 272 g/mol. The van der Waals surface area contributed by atoms with Crippen molar-refractivity contribution in [3.8, 4) is 6.07 Å². The maximum absolute atomic E-state index is 9.03. The van der Waals surface area contributed by atoms with Gasteiger partial charge < -0.3 is 10.6 Å². The van der Waals surface area contributed by atoms with Gasteiger partial charge in [0.15, 0.2) is 0 Å². The summed E-state index contributed by atoms with van der Waals surface area (Å²) in [6.07, 6.45) is 1.60. The topological polar surface area (TPSA) is 65.9 Å². The van der Waals surface area contributed by atoms with Gasteiger partial charge in [-0.15, -0.1) is 0 Å². The smallest absolute Gasteiger partial charge is 0.148 e. The van der Waals surface area contributed by atoms with E-state index in [1.54, 1.807) is 12.3 Å². The quantitative estimate of drug-likeness (QED) is 0.877. The van der Waals surface area contributed by atoms with Gasteiger partial charge in [-0.3, -0.25) is 0 Å². The van der Waals surface area contributed by atoms with Crippen LogP contribution in [0, 0.1) is 11.3 Å². The van der Waals surface area contributed by atoms with E-state index < -0.39 is 0 Å². The minimum absolute atomic E-state index is 0.390. The predicted octanol–water partition coefficient (Wildman–Crippen LogP) is 3.22. The fraction of sp³-hybridized carbons (Fsp3) is 0.200. The molecule has 2 aromatic rings. The van der Waals surface area contributed by atoms with Crippen LogP contribution >= 0.6 is 11.6 Å². The molecule has 0 fully saturated rings. The molecule has 0 aliphatic carbocycles. The maximum Gasteiger partial charge on any atom is 0.148 e. The molecule has 1 aromatic carbocycles. The minimum atomic E-state index is 0.390. The van der Waals surface area contributed by atoms with Crippen molar-refractivity contribution < 1.29 is 0 Å². The number of hydrogen-bond acceptors (Lipinski definition) is 4. The molecule has 4 nitrogen and oxygen atoms in total. The van der Waals surface area contributed by atoms with E-state index in [2.05, 4.69) is 11.1 Å². The van der Waals surface area contributed by atoms with Gasteiger partial charge in [-0.25, -0.2) is 4.98 Å². The van der Waals surface area contributed by atoms with Crippen LogP contribution in [0.25, 0.3) is 0 Å². The van der Waals surface area contributed by atoms with E-state index in [4.69, 9.17) is 22.6 Å². The van der Waals surface area contributed by atoms with Crippen LogP contribution in [0.4, 0.5) is 11.5 Å². The Labute approximate surface area is 123 Å². The molecule has 2 N–H and O–H groups in total. The van der Waals surface area contributed by atoms with Crippen LogP contribution in [0.1, 0.15) is 18.1 Å². The lowest BCUT2D eigenvalue weighted by Gasteiger charge is -2.23. The van der Waals surface area contributed by atoms with E-state index in [1.807, 2.05) is 36.1 Å². The highest BCUT2D eigenvalue weighted by atomic mass is 35.5. The number of benzene rings is 1. The van der Waals surface area contributed by atoms with E-state index in [-0.39, 0.29) is 0 Å². The zero-order valence-electron chi connectivity index (χ0n) is 11.2. The molecule has 20 heavy (non-hydrogen) atoms. The minimum Gasteiger partial charge on any atom is -0.399 e. The van der Waals surface area contributed by atoms with Crippen molar-refractivity contribution in [2.24, 2.45) is 0 Å². The third kappa shape index (κ3) is 3.01. The summed E-state index contributed by atoms with van der Waals surface area (Å²) in [4.78, 5) is 6.30. The zero-order valence-corrected chi connectivity index (χ0v) is 11.9. The van der Waals surface area contributed by atoms with Crippen LogP contribution in [-0.4, -0.2) is 11.5 Å². The first-order chi connectivity index (χ1) is 9.65. The van der Waals surface area contributed by atoms with Crippen LogP contribution in [0.2, 0.25) is 5.02 Å². The van der Waals surface area contributed by atoms with Crippen molar-refractivity contribution in [3.05, 3.63) is 52.7 Å². The number of pyridine rings is 1. The number of nitrogens with zero attached hydrogens (tertiary/aromatic N) is 3. The fourth-order valence-corrected chi connectivity index (χ4v) is 2.26. The number of hydrogen-bond donors (Lipinski definition) is 1. The summed E-state index contributed by atoms with van der Waals surface area (Å²) in [7, 11) is 0. The van der Waals surface area contributed by atoms with Gasteiger partial charge in [-0.2, -0.15) is 5.26 Å². The zero-order chi connectivity index (χ0) is 14.5. The second-order valence-electron chi connectivity index (χ2n) is 4.37. The first-order valence-corrected chi connectivity index (χ1v) is 6.67. The fourth-order valence-electron chi connectivity index (χ4n) is 1.99. The molecule has 0 aliphatic heterocycles. The van der Waals surface area contributed by atoms with Crippen LogP contribution in [0.5, 0.6) is 0 Å². The molecule has 0 saturated heterocycles. The Kier molecular flexibility index (Phi) is 4.44. The van der Waals surface area contributed by atoms with E-state index in [0.717, 1.165) is 17.8 Å². The van der Waals surface area contributed by atoms with E-state index in [0.29, 0.717) is 22.9 Å². The molecule has 0 spiro atoms. The number of nitriles is 1. The van der Waals surface area contributed by atoms with Gasteiger partial charge in [-0.05, 0) is 30.7 Å². The second kappa shape index (κ2) is 6.27. The number of aromatic nitrogens is 1. The average molecular weight is 287 g/mol. The van der Waals surface area contributed by atoms with Crippen molar-refractivity contribution in [2.45, 2.75) is 13.5 Å². The molecule has 0 aliphatic rings. The summed E-state index contributed by atoms with van der Waals surface area (Å²) >= 11 is 6.23. The number of anilines is 2. The molecule has 0 bridgehead atoms. The van der Waals surface area contributed by atoms with E-state index in [9.17, 15) is 0 Å². The Morgan fingerprint density at radius 2 is 2.20 bits per heavy atom. The van der Waals surface area contributed by atoms with E-state index >= 15 is 0 Å². The number of rotatable bonds is 4. The standard InChI is InChI=1S/C15H15ClN4/c1-2-20(10-11-4-3-5-13(18)8-11)15-14(16)12(9-17)6-7-19-15/h3-8H,2,10,18H2,1H3. The van der Waals surface area contributed by atoms with Gasteiger partial charge in [0.25, 0.3) is 0 Å². The highest BCUT2D eigenvalue weighted by Gasteiger charge is 2.14. The highest BCUT2D eigenvalue weighted by Crippen LogP contribution is 2.27. The van der Waals surface area contributed by atoms with Crippen LogP contribution in [-0.2, 0) is 6.54 Å². The summed E-state index contributed by atoms with van der Waals surface area (Å²) in [5.41, 5.74) is 8.02. The molecule has 0 atom stereocenters. The maximum atomic E-state index is 9.03. The van der Waals surface area contributed by atoms with Crippen molar-refractivity contribution in [3.63, 3.8) is 0 Å². The normalized spacial score (nSPS) is 10.1. The lowest BCUT2D eigenvalue weighted by Crippen LogP contribution is -2.23. The van der Waals surface area contributed by atoms with Gasteiger partial charge in [0.2, 0.25) is 0 Å². The predicted molar refractivity (Wildman–Crippen MR) is 81.5 cm³/mol. The molecule has 0 radical (unpaired) electrons. The van der Waals surface area contributed by atoms with Gasteiger partial charge in [0, 0.05) is 25.0 Å². The molecule has 1 aromatic heterocycles. The summed E-state index contributed by atoms with van der Waals surface area (Å²) < 4.78 is 0. The van der Waals surface area contributed by atoms with Gasteiger partial charge in [-0.1, -0.05) is 23.7 Å². The first-order valence-electron chi connectivity index (χ1n) is 6.29. The monoisotopic (exact) mass is 286 g/mol. The van der Waals surface area contributed by atoms with Crippen LogP contribution in [0.3, 0.4) is 0 Å². The Balaban J connectivity index is 2.32. The third-order valence-electron chi connectivity index (χ3n) is 3.00. The van der Waals surface area contributed by atoms with Crippen LogP contribution < -0.4 is 10.6 Å². The first kappa shape index (κ1) is 14.2. The number of nitrogens with two attached hydrogens (primary N) is 1. The molecule has 0 amide bonds. The molecule has 0 saturated carbocycles. The summed E-state index contributed by atoms with van der Waals surface area (Å²) in [6.45, 7) is 3.39. The Morgan fingerprint density at radius 1 is 1.40 bits per heavy atom.